The van der Waals surface area contributed by atoms with Crippen LogP contribution in [0.25, 0.3) is 0 Å². The number of carbonyl (C=O) groups is 3. The van der Waals surface area contributed by atoms with Gasteiger partial charge in [0.05, 0.1) is 6.04 Å². The first kappa shape index (κ1) is 27.7. The van der Waals surface area contributed by atoms with Crippen molar-refractivity contribution in [1.82, 2.24) is 15.1 Å². The van der Waals surface area contributed by atoms with Crippen LogP contribution in [-0.4, -0.2) is 70.7 Å². The molecule has 2 aliphatic heterocycles. The minimum atomic E-state index is -2.02. The van der Waals surface area contributed by atoms with Crippen LogP contribution in [0.15, 0.2) is 12.1 Å². The van der Waals surface area contributed by atoms with E-state index in [1.165, 1.54) is 18.7 Å². The molecule has 2 aliphatic rings. The molecule has 0 radical (unpaired) electrons. The van der Waals surface area contributed by atoms with Crippen LogP contribution in [0.2, 0.25) is 0 Å². The summed E-state index contributed by atoms with van der Waals surface area (Å²) in [5, 5.41) is 2.54. The van der Waals surface area contributed by atoms with Crippen LogP contribution in [0.3, 0.4) is 0 Å². The average Bonchev–Trinajstić information content (AvgIpc) is 3.29. The fourth-order valence-corrected chi connectivity index (χ4v) is 4.78. The second-order valence-electron chi connectivity index (χ2n) is 11.0. The van der Waals surface area contributed by atoms with Gasteiger partial charge in [0.15, 0.2) is 17.3 Å². The number of amides is 3. The molecule has 0 aromatic heterocycles. The maximum atomic E-state index is 14.3. The number of nitrogens with zero attached hydrogens (tertiary/aromatic N) is 2. The largest absolute Gasteiger partial charge is 0.444 e. The van der Waals surface area contributed by atoms with Crippen LogP contribution in [0.4, 0.5) is 22.4 Å². The van der Waals surface area contributed by atoms with Crippen molar-refractivity contribution in [2.24, 2.45) is 5.92 Å². The van der Waals surface area contributed by atoms with E-state index in [0.29, 0.717) is 31.6 Å². The number of nitrogens with one attached hydrogen (secondary N) is 1. The minimum Gasteiger partial charge on any atom is -0.444 e. The molecule has 0 spiro atoms. The van der Waals surface area contributed by atoms with E-state index in [-0.39, 0.29) is 42.8 Å². The third kappa shape index (κ3) is 6.67. The van der Waals surface area contributed by atoms with Gasteiger partial charge in [0.1, 0.15) is 11.4 Å². The smallest absolute Gasteiger partial charge is 0.407 e. The van der Waals surface area contributed by atoms with Gasteiger partial charge in [-0.25, -0.2) is 22.4 Å². The maximum absolute atomic E-state index is 14.3. The van der Waals surface area contributed by atoms with Crippen molar-refractivity contribution in [1.29, 1.82) is 0 Å². The molecule has 1 N–H and O–H groups in total. The Hall–Kier alpha value is -2.85. The third-order valence-corrected chi connectivity index (χ3v) is 6.36. The van der Waals surface area contributed by atoms with Gasteiger partial charge < -0.3 is 19.9 Å². The highest BCUT2D eigenvalue weighted by Crippen LogP contribution is 2.33. The summed E-state index contributed by atoms with van der Waals surface area (Å²) in [6, 6.07) is -0.164. The monoisotopic (exact) mass is 515 g/mol. The SMILES string of the molecule is CC(C)(C)OC(=O)NC(CC(=O)N1CCC2CN(C(=O)C(C)(C)F)CC21)Cc1cc(F)c(F)cc1F. The Kier molecular flexibility index (Phi) is 7.90. The molecular formula is C25H33F4N3O4. The molecule has 3 unspecified atom stereocenters. The number of fused-ring (bicyclic) bond motifs is 1. The molecule has 200 valence electrons. The highest BCUT2D eigenvalue weighted by Gasteiger charge is 2.47. The molecule has 0 aliphatic carbocycles. The van der Waals surface area contributed by atoms with Gasteiger partial charge in [-0.05, 0) is 59.1 Å². The number of alkyl halides is 1. The van der Waals surface area contributed by atoms with Crippen LogP contribution < -0.4 is 5.32 Å². The molecule has 2 fully saturated rings. The summed E-state index contributed by atoms with van der Waals surface area (Å²) < 4.78 is 60.9. The molecule has 3 atom stereocenters. The molecule has 3 rings (SSSR count). The van der Waals surface area contributed by atoms with Crippen molar-refractivity contribution < 1.29 is 36.7 Å². The number of hydrogen-bond acceptors (Lipinski definition) is 4. The quantitative estimate of drug-likeness (QED) is 0.463. The number of halogens is 4. The Morgan fingerprint density at radius 1 is 1.06 bits per heavy atom. The Morgan fingerprint density at radius 3 is 2.31 bits per heavy atom. The molecule has 2 saturated heterocycles. The second kappa shape index (κ2) is 10.3. The lowest BCUT2D eigenvalue weighted by Crippen LogP contribution is -2.47. The standard InChI is InChI=1S/C25H33F4N3O4/c1-24(2,3)36-23(35)30-16(8-15-9-18(27)19(28)11-17(15)26)10-21(33)32-7-6-14-12-31(13-20(14)32)22(34)25(4,5)29/h9,11,14,16,20H,6-8,10,12-13H2,1-5H3,(H,30,35). The van der Waals surface area contributed by atoms with Gasteiger partial charge in [0, 0.05) is 44.1 Å². The number of benzene rings is 1. The van der Waals surface area contributed by atoms with Crippen molar-refractivity contribution in [2.45, 2.75) is 77.2 Å². The van der Waals surface area contributed by atoms with Gasteiger partial charge in [-0.15, -0.1) is 0 Å². The summed E-state index contributed by atoms with van der Waals surface area (Å²) in [4.78, 5) is 41.0. The van der Waals surface area contributed by atoms with E-state index in [1.54, 1.807) is 25.7 Å². The summed E-state index contributed by atoms with van der Waals surface area (Å²) in [6.07, 6.45) is -0.750. The van der Waals surface area contributed by atoms with Crippen LogP contribution >= 0.6 is 0 Å². The lowest BCUT2D eigenvalue weighted by Gasteiger charge is -2.29. The lowest BCUT2D eigenvalue weighted by molar-refractivity contribution is -0.142. The second-order valence-corrected chi connectivity index (χ2v) is 11.0. The number of hydrogen-bond donors (Lipinski definition) is 1. The summed E-state index contributed by atoms with van der Waals surface area (Å²) in [7, 11) is 0. The van der Waals surface area contributed by atoms with Crippen molar-refractivity contribution in [2.75, 3.05) is 19.6 Å². The minimum absolute atomic E-state index is 0.00107. The highest BCUT2D eigenvalue weighted by molar-refractivity contribution is 5.85. The van der Waals surface area contributed by atoms with Crippen molar-refractivity contribution in [3.63, 3.8) is 0 Å². The number of rotatable bonds is 6. The molecular weight excluding hydrogens is 482 g/mol. The summed E-state index contributed by atoms with van der Waals surface area (Å²) in [5.74, 6) is -4.59. The molecule has 1 aromatic carbocycles. The van der Waals surface area contributed by atoms with Gasteiger partial charge in [0.2, 0.25) is 5.91 Å². The fourth-order valence-electron chi connectivity index (χ4n) is 4.78. The molecule has 36 heavy (non-hydrogen) atoms. The highest BCUT2D eigenvalue weighted by atomic mass is 19.2. The van der Waals surface area contributed by atoms with Crippen molar-refractivity contribution in [3.8, 4) is 0 Å². The van der Waals surface area contributed by atoms with Gasteiger partial charge in [-0.1, -0.05) is 0 Å². The zero-order valence-corrected chi connectivity index (χ0v) is 21.2. The number of alkyl carbamates (subject to hydrolysis) is 1. The van der Waals surface area contributed by atoms with E-state index in [2.05, 4.69) is 5.32 Å². The Bertz CT molecular complexity index is 1020. The molecule has 2 heterocycles. The normalized spacial score (nSPS) is 20.8. The molecule has 1 aromatic rings. The van der Waals surface area contributed by atoms with E-state index in [4.69, 9.17) is 4.74 Å². The van der Waals surface area contributed by atoms with Gasteiger partial charge in [-0.2, -0.15) is 0 Å². The van der Waals surface area contributed by atoms with Crippen LogP contribution in [-0.2, 0) is 20.7 Å². The number of ether oxygens (including phenoxy) is 1. The summed E-state index contributed by atoms with van der Waals surface area (Å²) >= 11 is 0. The Balaban J connectivity index is 1.74. The average molecular weight is 516 g/mol. The summed E-state index contributed by atoms with van der Waals surface area (Å²) in [5.41, 5.74) is -3.06. The van der Waals surface area contributed by atoms with Crippen LogP contribution in [0.1, 0.15) is 53.0 Å². The third-order valence-electron chi connectivity index (χ3n) is 6.36. The van der Waals surface area contributed by atoms with E-state index >= 15 is 0 Å². The van der Waals surface area contributed by atoms with Crippen molar-refractivity contribution >= 4 is 17.9 Å². The molecule has 11 heteroatoms. The fraction of sp³-hybridized carbons (Fsp3) is 0.640. The van der Waals surface area contributed by atoms with Gasteiger partial charge in [-0.3, -0.25) is 9.59 Å². The van der Waals surface area contributed by atoms with Crippen molar-refractivity contribution in [3.05, 3.63) is 35.1 Å². The summed E-state index contributed by atoms with van der Waals surface area (Å²) in [6.45, 7) is 8.31. The van der Waals surface area contributed by atoms with E-state index < -0.39 is 46.8 Å². The zero-order chi connectivity index (χ0) is 27.0. The number of carbonyl (C=O) groups excluding carboxylic acids is 3. The first-order chi connectivity index (χ1) is 16.5. The first-order valence-corrected chi connectivity index (χ1v) is 12.0. The predicted octanol–water partition coefficient (Wildman–Crippen LogP) is 3.74. The molecule has 7 nitrogen and oxygen atoms in total. The van der Waals surface area contributed by atoms with E-state index in [1.807, 2.05) is 0 Å². The van der Waals surface area contributed by atoms with Gasteiger partial charge >= 0.3 is 6.09 Å². The molecule has 0 saturated carbocycles. The zero-order valence-electron chi connectivity index (χ0n) is 21.2. The topological polar surface area (TPSA) is 79.0 Å². The first-order valence-electron chi connectivity index (χ1n) is 12.0. The number of likely N-dealkylation sites (tertiary alicyclic amines) is 2. The Morgan fingerprint density at radius 2 is 1.69 bits per heavy atom. The predicted molar refractivity (Wildman–Crippen MR) is 123 cm³/mol. The van der Waals surface area contributed by atoms with Crippen LogP contribution in [0, 0.1) is 23.4 Å². The van der Waals surface area contributed by atoms with E-state index in [9.17, 15) is 31.9 Å². The maximum Gasteiger partial charge on any atom is 0.407 e. The molecule has 3 amide bonds. The molecule has 0 bridgehead atoms. The Labute approximate surface area is 208 Å². The lowest BCUT2D eigenvalue weighted by atomic mass is 10.0. The van der Waals surface area contributed by atoms with E-state index in [0.717, 1.165) is 0 Å². The van der Waals surface area contributed by atoms with Gasteiger partial charge in [0.25, 0.3) is 5.91 Å². The van der Waals surface area contributed by atoms with Crippen LogP contribution in [0.5, 0.6) is 0 Å².